The third kappa shape index (κ3) is 8.40. The van der Waals surface area contributed by atoms with Gasteiger partial charge in [-0.15, -0.1) is 88.4 Å². The summed E-state index contributed by atoms with van der Waals surface area (Å²) in [4.78, 5) is 16.0. The monoisotopic (exact) mass is 698 g/mol. The zero-order valence-electron chi connectivity index (χ0n) is 23.3. The molecule has 42 heavy (non-hydrogen) atoms. The van der Waals surface area contributed by atoms with Crippen LogP contribution in [0.1, 0.15) is 25.0 Å². The molecule has 4 rings (SSSR count). The number of ether oxygens (including phenoxy) is 2. The van der Waals surface area contributed by atoms with Crippen LogP contribution in [0, 0.1) is 5.41 Å². The Bertz CT molecular complexity index is 1490. The number of hydrogen-bond acceptors (Lipinski definition) is 13. The summed E-state index contributed by atoms with van der Waals surface area (Å²) in [5.41, 5.74) is 3.23. The average molecular weight is 699 g/mol. The van der Waals surface area contributed by atoms with Crippen molar-refractivity contribution in [2.45, 2.75) is 32.5 Å². The summed E-state index contributed by atoms with van der Waals surface area (Å²) < 4.78 is 9.74. The lowest BCUT2D eigenvalue weighted by Gasteiger charge is -2.37. The molecule has 1 atom stereocenters. The van der Waals surface area contributed by atoms with E-state index in [0.29, 0.717) is 39.7 Å². The lowest BCUT2D eigenvalue weighted by Crippen LogP contribution is -2.42. The number of pyridine rings is 1. The molecule has 1 unspecified atom stereocenters. The second-order valence-electron chi connectivity index (χ2n) is 9.12. The molecule has 14 heteroatoms. The van der Waals surface area contributed by atoms with Crippen molar-refractivity contribution in [1.82, 2.24) is 9.47 Å². The van der Waals surface area contributed by atoms with Crippen molar-refractivity contribution in [3.8, 4) is 11.4 Å². The minimum atomic E-state index is -1.46. The molecule has 1 aliphatic heterocycles. The van der Waals surface area contributed by atoms with Gasteiger partial charge in [0, 0.05) is 37.0 Å². The van der Waals surface area contributed by atoms with E-state index in [1.54, 1.807) is 47.1 Å². The summed E-state index contributed by atoms with van der Waals surface area (Å²) in [5.74, 6) is 1.04. The maximum absolute atomic E-state index is 14.1. The Balaban J connectivity index is 0.00000237. The number of anilines is 1. The first-order valence-electron chi connectivity index (χ1n) is 12.7. The maximum Gasteiger partial charge on any atom is 0.264 e. The van der Waals surface area contributed by atoms with E-state index in [-0.39, 0.29) is 5.56 Å². The fourth-order valence-corrected chi connectivity index (χ4v) is 4.60. The van der Waals surface area contributed by atoms with E-state index in [1.165, 1.54) is 0 Å². The Kier molecular flexibility index (Phi) is 12.2. The highest BCUT2D eigenvalue weighted by Crippen LogP contribution is 2.46. The smallest absolute Gasteiger partial charge is 0.264 e. The molecule has 2 aliphatic rings. The number of thiol groups is 7. The van der Waals surface area contributed by atoms with Gasteiger partial charge in [0.2, 0.25) is 0 Å². The van der Waals surface area contributed by atoms with Gasteiger partial charge >= 0.3 is 0 Å². The zero-order chi connectivity index (χ0) is 31.4. The summed E-state index contributed by atoms with van der Waals surface area (Å²) in [5, 5.41) is 11.5. The molecule has 0 saturated carbocycles. The first-order valence-corrected chi connectivity index (χ1v) is 16.0. The van der Waals surface area contributed by atoms with E-state index in [0.717, 1.165) is 5.56 Å². The van der Waals surface area contributed by atoms with Crippen LogP contribution in [0.3, 0.4) is 0 Å². The number of hydrogen-bond donors (Lipinski definition) is 9. The van der Waals surface area contributed by atoms with Crippen molar-refractivity contribution in [3.05, 3.63) is 87.9 Å². The predicted molar refractivity (Wildman–Crippen MR) is 200 cm³/mol. The summed E-state index contributed by atoms with van der Waals surface area (Å²) in [6.07, 6.45) is 10.0. The highest BCUT2D eigenvalue weighted by Gasteiger charge is 2.42. The predicted octanol–water partition coefficient (Wildman–Crippen LogP) is 6.54. The molecule has 226 valence electrons. The largest absolute Gasteiger partial charge is 0.470 e. The van der Waals surface area contributed by atoms with E-state index in [2.05, 4.69) is 93.7 Å². The van der Waals surface area contributed by atoms with Gasteiger partial charge in [-0.2, -0.15) is 0 Å². The minimum absolute atomic E-state index is 0.279. The lowest BCUT2D eigenvalue weighted by atomic mass is 9.94. The van der Waals surface area contributed by atoms with Crippen molar-refractivity contribution in [2.75, 3.05) is 19.4 Å². The van der Waals surface area contributed by atoms with Crippen LogP contribution in [0.2, 0.25) is 0 Å². The zero-order valence-corrected chi connectivity index (χ0v) is 29.5. The van der Waals surface area contributed by atoms with E-state index in [4.69, 9.17) is 14.9 Å². The van der Waals surface area contributed by atoms with Crippen LogP contribution in [-0.4, -0.2) is 47.9 Å². The summed E-state index contributed by atoms with van der Waals surface area (Å²) in [7, 11) is 3.76. The van der Waals surface area contributed by atoms with Crippen molar-refractivity contribution >= 4 is 112 Å². The maximum atomic E-state index is 14.1. The molecule has 0 saturated heterocycles. The van der Waals surface area contributed by atoms with Gasteiger partial charge in [0.25, 0.3) is 5.56 Å². The summed E-state index contributed by atoms with van der Waals surface area (Å²) in [6, 6.07) is 8.80. The topological polar surface area (TPSA) is 79.6 Å². The van der Waals surface area contributed by atoms with Crippen LogP contribution in [0.15, 0.2) is 71.2 Å². The van der Waals surface area contributed by atoms with Crippen molar-refractivity contribution in [2.24, 2.45) is 0 Å². The molecular weight excluding hydrogens is 665 g/mol. The Morgan fingerprint density at radius 3 is 2.26 bits per heavy atom. The van der Waals surface area contributed by atoms with Gasteiger partial charge in [0.15, 0.2) is 15.3 Å². The van der Waals surface area contributed by atoms with Crippen molar-refractivity contribution in [3.63, 3.8) is 0 Å². The SMILES string of the molecule is CC.CN(C)/C=C1/C=C(c2cc3c(n(-c4ccc(OC(S)S)cc4)c2=O)NC(OC(S)(S)C(S)(S)S)C=C3)C=CC1=N. The third-order valence-corrected chi connectivity index (χ3v) is 8.88. The van der Waals surface area contributed by atoms with Crippen LogP contribution in [0.4, 0.5) is 5.82 Å². The number of fused-ring (bicyclic) bond motifs is 1. The molecule has 0 spiro atoms. The van der Waals surface area contributed by atoms with Gasteiger partial charge in [0.05, 0.1) is 11.4 Å². The number of allylic oxidation sites excluding steroid dienone is 5. The van der Waals surface area contributed by atoms with E-state index in [9.17, 15) is 4.79 Å². The number of aromatic nitrogens is 1. The molecule has 2 aromatic rings. The summed E-state index contributed by atoms with van der Waals surface area (Å²) >= 11 is 30.1. The van der Waals surface area contributed by atoms with Gasteiger partial charge in [0.1, 0.15) is 15.0 Å². The third-order valence-electron chi connectivity index (χ3n) is 5.78. The van der Waals surface area contributed by atoms with E-state index < -0.39 is 18.7 Å². The number of benzene rings is 1. The molecule has 2 N–H and O–H groups in total. The van der Waals surface area contributed by atoms with Crippen LogP contribution >= 0.6 is 88.4 Å². The first-order chi connectivity index (χ1) is 19.7. The lowest BCUT2D eigenvalue weighted by molar-refractivity contribution is 0.0690. The molecule has 0 amide bonds. The Morgan fingerprint density at radius 1 is 1.05 bits per heavy atom. The molecule has 2 heterocycles. The Labute approximate surface area is 285 Å². The van der Waals surface area contributed by atoms with Crippen molar-refractivity contribution < 1.29 is 9.47 Å². The molecule has 0 radical (unpaired) electrons. The molecular formula is C28H34N4O3S7. The minimum Gasteiger partial charge on any atom is -0.470 e. The molecule has 0 bridgehead atoms. The standard InChI is InChI=1S/C26H28N4O3S7.C2H6/c1-29(2)13-16-11-14(3-9-20(16)27)19-12-15-4-10-21(33-25(36,37)26(38,39)40)28-22(15)30(23(19)31)17-5-7-18(8-6-17)32-24(34)35;1-2/h3-13,21,24,27-28,34-40H,1-2H3;1-2H3/b16-13-,27-20?;. The van der Waals surface area contributed by atoms with Gasteiger partial charge in [-0.3, -0.25) is 9.36 Å². The van der Waals surface area contributed by atoms with Gasteiger partial charge < -0.3 is 25.1 Å². The van der Waals surface area contributed by atoms with E-state index >= 15 is 0 Å². The Hall–Kier alpha value is -1.39. The highest BCUT2D eigenvalue weighted by molar-refractivity contribution is 8.20. The van der Waals surface area contributed by atoms with E-state index in [1.807, 2.05) is 57.3 Å². The first kappa shape index (κ1) is 35.1. The van der Waals surface area contributed by atoms with Crippen LogP contribution < -0.4 is 15.6 Å². The number of nitrogens with one attached hydrogen (secondary N) is 2. The number of nitrogens with zero attached hydrogens (tertiary/aromatic N) is 2. The van der Waals surface area contributed by atoms with Gasteiger partial charge in [-0.25, -0.2) is 0 Å². The molecule has 0 fully saturated rings. The van der Waals surface area contributed by atoms with Crippen LogP contribution in [-0.2, 0) is 4.74 Å². The molecule has 7 nitrogen and oxygen atoms in total. The van der Waals surface area contributed by atoms with Crippen LogP contribution in [0.5, 0.6) is 5.75 Å². The molecule has 1 aliphatic carbocycles. The highest BCUT2D eigenvalue weighted by atomic mass is 32.2. The fraction of sp³-hybridized carbons (Fsp3) is 0.286. The van der Waals surface area contributed by atoms with Crippen LogP contribution in [0.25, 0.3) is 17.3 Å². The second kappa shape index (κ2) is 14.6. The van der Waals surface area contributed by atoms with Gasteiger partial charge in [-0.05, 0) is 54.1 Å². The molecule has 1 aromatic heterocycles. The fourth-order valence-electron chi connectivity index (χ4n) is 3.97. The summed E-state index contributed by atoms with van der Waals surface area (Å²) in [6.45, 7) is 4.00. The average Bonchev–Trinajstić information content (AvgIpc) is 2.90. The number of rotatable bonds is 8. The second-order valence-corrected chi connectivity index (χ2v) is 15.1. The van der Waals surface area contributed by atoms with Gasteiger partial charge in [-0.1, -0.05) is 26.0 Å². The Morgan fingerprint density at radius 2 is 1.69 bits per heavy atom. The van der Waals surface area contributed by atoms with Crippen molar-refractivity contribution in [1.29, 1.82) is 5.41 Å². The molecule has 1 aromatic carbocycles. The normalized spacial score (nSPS) is 17.3. The quantitative estimate of drug-likeness (QED) is 0.116.